The summed E-state index contributed by atoms with van der Waals surface area (Å²) in [6.07, 6.45) is 7.64. The SMILES string of the molecule is CCC1CCC(N)(c2nncn2CC(C)C)CC1. The molecular formula is C14H26N4. The van der Waals surface area contributed by atoms with Crippen LogP contribution < -0.4 is 5.73 Å². The Morgan fingerprint density at radius 1 is 1.44 bits per heavy atom. The van der Waals surface area contributed by atoms with Crippen LogP contribution in [0.5, 0.6) is 0 Å². The Balaban J connectivity index is 2.13. The highest BCUT2D eigenvalue weighted by molar-refractivity contribution is 5.07. The lowest BCUT2D eigenvalue weighted by molar-refractivity contribution is 0.214. The highest BCUT2D eigenvalue weighted by Gasteiger charge is 2.36. The molecule has 0 aliphatic heterocycles. The molecule has 2 rings (SSSR count). The van der Waals surface area contributed by atoms with E-state index in [-0.39, 0.29) is 5.54 Å². The van der Waals surface area contributed by atoms with E-state index in [0.29, 0.717) is 5.92 Å². The predicted molar refractivity (Wildman–Crippen MR) is 73.0 cm³/mol. The van der Waals surface area contributed by atoms with Crippen molar-refractivity contribution in [2.45, 2.75) is 65.0 Å². The maximum atomic E-state index is 6.59. The van der Waals surface area contributed by atoms with Crippen molar-refractivity contribution in [1.29, 1.82) is 0 Å². The maximum Gasteiger partial charge on any atom is 0.152 e. The first-order chi connectivity index (χ1) is 8.55. The Labute approximate surface area is 110 Å². The van der Waals surface area contributed by atoms with Gasteiger partial charge in [0.1, 0.15) is 6.33 Å². The first-order valence-corrected chi connectivity index (χ1v) is 7.22. The molecule has 0 aromatic carbocycles. The van der Waals surface area contributed by atoms with Gasteiger partial charge in [0, 0.05) is 6.54 Å². The van der Waals surface area contributed by atoms with Crippen LogP contribution in [0.25, 0.3) is 0 Å². The van der Waals surface area contributed by atoms with Gasteiger partial charge >= 0.3 is 0 Å². The molecule has 2 N–H and O–H groups in total. The Bertz CT molecular complexity index is 375. The van der Waals surface area contributed by atoms with Crippen molar-refractivity contribution in [2.24, 2.45) is 17.6 Å². The van der Waals surface area contributed by atoms with Crippen LogP contribution in [-0.2, 0) is 12.1 Å². The van der Waals surface area contributed by atoms with E-state index in [9.17, 15) is 0 Å². The summed E-state index contributed by atoms with van der Waals surface area (Å²) in [6, 6.07) is 0. The molecule has 1 aromatic heterocycles. The largest absolute Gasteiger partial charge is 0.319 e. The van der Waals surface area contributed by atoms with Crippen LogP contribution in [0.15, 0.2) is 6.33 Å². The van der Waals surface area contributed by atoms with Crippen LogP contribution in [0.3, 0.4) is 0 Å². The summed E-state index contributed by atoms with van der Waals surface area (Å²) in [5.41, 5.74) is 6.34. The quantitative estimate of drug-likeness (QED) is 0.894. The van der Waals surface area contributed by atoms with Gasteiger partial charge in [-0.2, -0.15) is 0 Å². The van der Waals surface area contributed by atoms with E-state index in [1.807, 2.05) is 6.33 Å². The van der Waals surface area contributed by atoms with Crippen molar-refractivity contribution in [3.05, 3.63) is 12.2 Å². The van der Waals surface area contributed by atoms with E-state index in [2.05, 4.69) is 35.5 Å². The molecular weight excluding hydrogens is 224 g/mol. The molecule has 18 heavy (non-hydrogen) atoms. The van der Waals surface area contributed by atoms with Crippen molar-refractivity contribution >= 4 is 0 Å². The zero-order valence-corrected chi connectivity index (χ0v) is 11.9. The molecule has 0 amide bonds. The number of aromatic nitrogens is 3. The fourth-order valence-electron chi connectivity index (χ4n) is 2.99. The van der Waals surface area contributed by atoms with Crippen LogP contribution in [0.1, 0.15) is 58.7 Å². The second kappa shape index (κ2) is 5.39. The number of hydrogen-bond donors (Lipinski definition) is 1. The predicted octanol–water partition coefficient (Wildman–Crippen LogP) is 2.69. The van der Waals surface area contributed by atoms with Crippen LogP contribution >= 0.6 is 0 Å². The van der Waals surface area contributed by atoms with Gasteiger partial charge in [0.15, 0.2) is 5.82 Å². The minimum absolute atomic E-state index is 0.253. The fraction of sp³-hybridized carbons (Fsp3) is 0.857. The van der Waals surface area contributed by atoms with Gasteiger partial charge in [-0.3, -0.25) is 0 Å². The monoisotopic (exact) mass is 250 g/mol. The van der Waals surface area contributed by atoms with E-state index in [1.54, 1.807) is 0 Å². The van der Waals surface area contributed by atoms with Crippen molar-refractivity contribution in [1.82, 2.24) is 14.8 Å². The average molecular weight is 250 g/mol. The van der Waals surface area contributed by atoms with E-state index in [0.717, 1.165) is 31.1 Å². The molecule has 0 spiro atoms. The smallest absolute Gasteiger partial charge is 0.152 e. The summed E-state index contributed by atoms with van der Waals surface area (Å²) < 4.78 is 2.15. The van der Waals surface area contributed by atoms with Crippen molar-refractivity contribution in [3.8, 4) is 0 Å². The van der Waals surface area contributed by atoms with Gasteiger partial charge in [-0.15, -0.1) is 10.2 Å². The summed E-state index contributed by atoms with van der Waals surface area (Å²) >= 11 is 0. The van der Waals surface area contributed by atoms with Gasteiger partial charge < -0.3 is 10.3 Å². The summed E-state index contributed by atoms with van der Waals surface area (Å²) in [4.78, 5) is 0. The minimum Gasteiger partial charge on any atom is -0.319 e. The topological polar surface area (TPSA) is 56.7 Å². The Hall–Kier alpha value is -0.900. The fourth-order valence-corrected chi connectivity index (χ4v) is 2.99. The van der Waals surface area contributed by atoms with E-state index in [4.69, 9.17) is 5.73 Å². The van der Waals surface area contributed by atoms with Gasteiger partial charge in [0.05, 0.1) is 5.54 Å². The molecule has 1 aliphatic carbocycles. The summed E-state index contributed by atoms with van der Waals surface area (Å²) in [7, 11) is 0. The highest BCUT2D eigenvalue weighted by atomic mass is 15.3. The molecule has 1 aromatic rings. The first kappa shape index (κ1) is 13.5. The molecule has 1 heterocycles. The van der Waals surface area contributed by atoms with Crippen molar-refractivity contribution < 1.29 is 0 Å². The Kier molecular flexibility index (Phi) is 4.05. The molecule has 4 heteroatoms. The molecule has 4 nitrogen and oxygen atoms in total. The van der Waals surface area contributed by atoms with Crippen LogP contribution in [0, 0.1) is 11.8 Å². The zero-order valence-electron chi connectivity index (χ0n) is 11.9. The highest BCUT2D eigenvalue weighted by Crippen LogP contribution is 2.37. The van der Waals surface area contributed by atoms with E-state index in [1.165, 1.54) is 19.3 Å². The molecule has 0 bridgehead atoms. The van der Waals surface area contributed by atoms with Crippen LogP contribution in [0.4, 0.5) is 0 Å². The summed E-state index contributed by atoms with van der Waals surface area (Å²) in [6.45, 7) is 7.65. The Morgan fingerprint density at radius 3 is 2.67 bits per heavy atom. The zero-order chi connectivity index (χ0) is 13.2. The lowest BCUT2D eigenvalue weighted by Gasteiger charge is -2.36. The van der Waals surface area contributed by atoms with Crippen molar-refractivity contribution in [3.63, 3.8) is 0 Å². The van der Waals surface area contributed by atoms with Gasteiger partial charge in [0.25, 0.3) is 0 Å². The average Bonchev–Trinajstić information content (AvgIpc) is 2.78. The second-order valence-corrected chi connectivity index (χ2v) is 6.21. The second-order valence-electron chi connectivity index (χ2n) is 6.21. The van der Waals surface area contributed by atoms with Gasteiger partial charge in [-0.1, -0.05) is 27.2 Å². The third-order valence-electron chi connectivity index (χ3n) is 4.20. The van der Waals surface area contributed by atoms with Gasteiger partial charge in [0.2, 0.25) is 0 Å². The van der Waals surface area contributed by atoms with Crippen LogP contribution in [-0.4, -0.2) is 14.8 Å². The minimum atomic E-state index is -0.253. The Morgan fingerprint density at radius 2 is 2.11 bits per heavy atom. The molecule has 1 saturated carbocycles. The molecule has 102 valence electrons. The first-order valence-electron chi connectivity index (χ1n) is 7.22. The van der Waals surface area contributed by atoms with Crippen LogP contribution in [0.2, 0.25) is 0 Å². The number of nitrogens with two attached hydrogens (primary N) is 1. The molecule has 1 aliphatic rings. The number of hydrogen-bond acceptors (Lipinski definition) is 3. The number of nitrogens with zero attached hydrogens (tertiary/aromatic N) is 3. The standard InChI is InChI=1S/C14H26N4/c1-4-12-5-7-14(15,8-6-12)13-17-16-10-18(13)9-11(2)3/h10-12H,4-9,15H2,1-3H3. The molecule has 0 saturated heterocycles. The third-order valence-corrected chi connectivity index (χ3v) is 4.20. The molecule has 0 atom stereocenters. The van der Waals surface area contributed by atoms with Gasteiger partial charge in [-0.25, -0.2) is 0 Å². The van der Waals surface area contributed by atoms with E-state index < -0.39 is 0 Å². The summed E-state index contributed by atoms with van der Waals surface area (Å²) in [5, 5.41) is 8.37. The normalized spacial score (nSPS) is 28.8. The molecule has 1 fully saturated rings. The van der Waals surface area contributed by atoms with Crippen molar-refractivity contribution in [2.75, 3.05) is 0 Å². The maximum absolute atomic E-state index is 6.59. The third kappa shape index (κ3) is 2.74. The van der Waals surface area contributed by atoms with Gasteiger partial charge in [-0.05, 0) is 37.5 Å². The lowest BCUT2D eigenvalue weighted by Crippen LogP contribution is -2.43. The molecule has 0 radical (unpaired) electrons. The lowest BCUT2D eigenvalue weighted by atomic mass is 9.75. The van der Waals surface area contributed by atoms with E-state index >= 15 is 0 Å². The number of rotatable bonds is 4. The summed E-state index contributed by atoms with van der Waals surface area (Å²) in [5.74, 6) is 2.43. The molecule has 0 unspecified atom stereocenters.